The number of halogens is 2. The van der Waals surface area contributed by atoms with E-state index >= 15 is 0 Å². The van der Waals surface area contributed by atoms with Crippen LogP contribution in [0.5, 0.6) is 0 Å². The zero-order valence-electron chi connectivity index (χ0n) is 15.0. The second-order valence-electron chi connectivity index (χ2n) is 6.70. The van der Waals surface area contributed by atoms with Crippen molar-refractivity contribution in [3.8, 4) is 11.1 Å². The number of carboxylic acid groups (broad SMARTS) is 1. The molecule has 1 N–H and O–H groups in total. The Balaban J connectivity index is 1.83. The standard InChI is InChI=1S/C22H16Cl2N2O2/c1-13-5-6-17(20(24)7-13)15-9-18(22(27)28)19-12-26(25-21(19)10-15)11-14-3-2-4-16(23)8-14/h2-10,12H,11H2,1H3,(H,27,28). The van der Waals surface area contributed by atoms with E-state index in [4.69, 9.17) is 23.2 Å². The van der Waals surface area contributed by atoms with Gasteiger partial charge in [0, 0.05) is 27.2 Å². The van der Waals surface area contributed by atoms with E-state index in [0.717, 1.165) is 22.3 Å². The van der Waals surface area contributed by atoms with Crippen LogP contribution < -0.4 is 0 Å². The molecule has 0 unspecified atom stereocenters. The molecule has 0 amide bonds. The molecule has 6 heteroatoms. The number of hydrogen-bond donors (Lipinski definition) is 1. The van der Waals surface area contributed by atoms with Gasteiger partial charge in [0.2, 0.25) is 0 Å². The van der Waals surface area contributed by atoms with Crippen molar-refractivity contribution in [3.05, 3.63) is 87.5 Å². The molecule has 4 rings (SSSR count). The first-order chi connectivity index (χ1) is 13.4. The van der Waals surface area contributed by atoms with Gasteiger partial charge in [-0.1, -0.05) is 47.5 Å². The van der Waals surface area contributed by atoms with E-state index in [-0.39, 0.29) is 5.56 Å². The second-order valence-corrected chi connectivity index (χ2v) is 7.55. The number of nitrogens with zero attached hydrogens (tertiary/aromatic N) is 2. The monoisotopic (exact) mass is 410 g/mol. The molecule has 28 heavy (non-hydrogen) atoms. The molecule has 1 heterocycles. The highest BCUT2D eigenvalue weighted by atomic mass is 35.5. The summed E-state index contributed by atoms with van der Waals surface area (Å²) in [6.07, 6.45) is 1.75. The SMILES string of the molecule is Cc1ccc(-c2cc(C(=O)O)c3cn(Cc4cccc(Cl)c4)nc3c2)c(Cl)c1. The minimum absolute atomic E-state index is 0.196. The van der Waals surface area contributed by atoms with Crippen LogP contribution in [0.1, 0.15) is 21.5 Å². The van der Waals surface area contributed by atoms with Crippen LogP contribution in [0, 0.1) is 6.92 Å². The lowest BCUT2D eigenvalue weighted by molar-refractivity contribution is 0.0699. The van der Waals surface area contributed by atoms with Crippen molar-refractivity contribution < 1.29 is 9.90 Å². The largest absolute Gasteiger partial charge is 0.478 e. The molecule has 1 aromatic heterocycles. The van der Waals surface area contributed by atoms with E-state index in [1.807, 2.05) is 55.5 Å². The molecule has 0 spiro atoms. The topological polar surface area (TPSA) is 55.1 Å². The predicted molar refractivity (Wildman–Crippen MR) is 112 cm³/mol. The second kappa shape index (κ2) is 7.30. The first-order valence-electron chi connectivity index (χ1n) is 8.66. The minimum atomic E-state index is -1.00. The molecule has 0 fully saturated rings. The van der Waals surface area contributed by atoms with Gasteiger partial charge in [-0.05, 0) is 53.9 Å². The van der Waals surface area contributed by atoms with Gasteiger partial charge in [0.15, 0.2) is 0 Å². The molecule has 0 bridgehead atoms. The predicted octanol–water partition coefficient (Wildman–Crippen LogP) is 6.07. The van der Waals surface area contributed by atoms with Gasteiger partial charge < -0.3 is 5.11 Å². The maximum Gasteiger partial charge on any atom is 0.336 e. The van der Waals surface area contributed by atoms with Gasteiger partial charge in [-0.25, -0.2) is 4.79 Å². The summed E-state index contributed by atoms with van der Waals surface area (Å²) in [6.45, 7) is 2.45. The van der Waals surface area contributed by atoms with Crippen molar-refractivity contribution in [2.45, 2.75) is 13.5 Å². The normalized spacial score (nSPS) is 11.1. The molecule has 140 valence electrons. The number of fused-ring (bicyclic) bond motifs is 1. The molecule has 0 aliphatic heterocycles. The summed E-state index contributed by atoms with van der Waals surface area (Å²) in [5, 5.41) is 16.1. The van der Waals surface area contributed by atoms with Gasteiger partial charge in [-0.3, -0.25) is 4.68 Å². The average molecular weight is 411 g/mol. The fourth-order valence-electron chi connectivity index (χ4n) is 3.26. The van der Waals surface area contributed by atoms with Gasteiger partial charge in [0.1, 0.15) is 0 Å². The first-order valence-corrected chi connectivity index (χ1v) is 9.42. The molecular formula is C22H16Cl2N2O2. The highest BCUT2D eigenvalue weighted by molar-refractivity contribution is 6.33. The van der Waals surface area contributed by atoms with Crippen molar-refractivity contribution in [2.75, 3.05) is 0 Å². The van der Waals surface area contributed by atoms with Crippen LogP contribution in [-0.4, -0.2) is 20.9 Å². The van der Waals surface area contributed by atoms with Crippen LogP contribution in [-0.2, 0) is 6.54 Å². The van der Waals surface area contributed by atoms with E-state index in [1.54, 1.807) is 16.9 Å². The van der Waals surface area contributed by atoms with Gasteiger partial charge >= 0.3 is 5.97 Å². The van der Waals surface area contributed by atoms with E-state index in [9.17, 15) is 9.90 Å². The third-order valence-corrected chi connectivity index (χ3v) is 5.12. The number of aromatic carboxylic acids is 1. The van der Waals surface area contributed by atoms with E-state index in [1.165, 1.54) is 0 Å². The van der Waals surface area contributed by atoms with E-state index < -0.39 is 5.97 Å². The summed E-state index contributed by atoms with van der Waals surface area (Å²) in [6, 6.07) is 16.7. The fourth-order valence-corrected chi connectivity index (χ4v) is 3.82. The number of aryl methyl sites for hydroxylation is 1. The summed E-state index contributed by atoms with van der Waals surface area (Å²) >= 11 is 12.4. The van der Waals surface area contributed by atoms with Gasteiger partial charge in [-0.2, -0.15) is 5.10 Å². The summed E-state index contributed by atoms with van der Waals surface area (Å²) < 4.78 is 1.73. The Morgan fingerprint density at radius 1 is 1.11 bits per heavy atom. The van der Waals surface area contributed by atoms with Crippen LogP contribution in [0.25, 0.3) is 22.0 Å². The average Bonchev–Trinajstić information content (AvgIpc) is 3.02. The summed E-state index contributed by atoms with van der Waals surface area (Å²) in [4.78, 5) is 11.9. The number of carbonyl (C=O) groups is 1. The molecule has 0 radical (unpaired) electrons. The lowest BCUT2D eigenvalue weighted by Crippen LogP contribution is -1.99. The Hall–Kier alpha value is -2.82. The smallest absolute Gasteiger partial charge is 0.336 e. The van der Waals surface area contributed by atoms with Crippen molar-refractivity contribution in [3.63, 3.8) is 0 Å². The molecule has 4 aromatic rings. The number of benzene rings is 3. The summed E-state index contributed by atoms with van der Waals surface area (Å²) in [5.41, 5.74) is 4.33. The van der Waals surface area contributed by atoms with Crippen LogP contribution in [0.3, 0.4) is 0 Å². The van der Waals surface area contributed by atoms with Crippen molar-refractivity contribution >= 4 is 40.1 Å². The van der Waals surface area contributed by atoms with Crippen LogP contribution in [0.15, 0.2) is 60.8 Å². The molecule has 3 aromatic carbocycles. The Morgan fingerprint density at radius 2 is 1.93 bits per heavy atom. The molecule has 0 aliphatic carbocycles. The number of rotatable bonds is 4. The van der Waals surface area contributed by atoms with Crippen LogP contribution in [0.2, 0.25) is 10.0 Å². The van der Waals surface area contributed by atoms with Crippen molar-refractivity contribution in [1.82, 2.24) is 9.78 Å². The van der Waals surface area contributed by atoms with Crippen LogP contribution >= 0.6 is 23.2 Å². The van der Waals surface area contributed by atoms with Gasteiger partial charge in [-0.15, -0.1) is 0 Å². The highest BCUT2D eigenvalue weighted by Crippen LogP contribution is 2.32. The number of hydrogen-bond acceptors (Lipinski definition) is 2. The van der Waals surface area contributed by atoms with Crippen molar-refractivity contribution in [1.29, 1.82) is 0 Å². The Labute approximate surface area is 171 Å². The number of aromatic nitrogens is 2. The third kappa shape index (κ3) is 3.61. The van der Waals surface area contributed by atoms with Gasteiger partial charge in [0.05, 0.1) is 17.6 Å². The zero-order valence-corrected chi connectivity index (χ0v) is 16.5. The first kappa shape index (κ1) is 18.5. The van der Waals surface area contributed by atoms with E-state index in [0.29, 0.717) is 27.5 Å². The highest BCUT2D eigenvalue weighted by Gasteiger charge is 2.16. The Kier molecular flexibility index (Phi) is 4.84. The maximum atomic E-state index is 11.9. The molecule has 0 atom stereocenters. The zero-order chi connectivity index (χ0) is 19.8. The number of carboxylic acids is 1. The third-order valence-electron chi connectivity index (χ3n) is 4.57. The summed E-state index contributed by atoms with van der Waals surface area (Å²) in [5.74, 6) is -1.00. The van der Waals surface area contributed by atoms with Crippen LogP contribution in [0.4, 0.5) is 0 Å². The molecule has 0 saturated heterocycles. The molecule has 0 aliphatic rings. The summed E-state index contributed by atoms with van der Waals surface area (Å²) in [7, 11) is 0. The molecule has 0 saturated carbocycles. The van der Waals surface area contributed by atoms with Gasteiger partial charge in [0.25, 0.3) is 0 Å². The lowest BCUT2D eigenvalue weighted by Gasteiger charge is -2.07. The Morgan fingerprint density at radius 3 is 2.64 bits per heavy atom. The minimum Gasteiger partial charge on any atom is -0.478 e. The lowest BCUT2D eigenvalue weighted by atomic mass is 9.99. The van der Waals surface area contributed by atoms with Crippen molar-refractivity contribution in [2.24, 2.45) is 0 Å². The fraction of sp³-hybridized carbons (Fsp3) is 0.0909. The van der Waals surface area contributed by atoms with E-state index in [2.05, 4.69) is 5.10 Å². The Bertz CT molecular complexity index is 1210. The molecule has 4 nitrogen and oxygen atoms in total. The maximum absolute atomic E-state index is 11.9. The quantitative estimate of drug-likeness (QED) is 0.444. The molecular weight excluding hydrogens is 395 g/mol.